The molecule has 0 N–H and O–H groups in total. The summed E-state index contributed by atoms with van der Waals surface area (Å²) in [6.45, 7) is 0. The number of rotatable bonds is 2. The fourth-order valence-electron chi connectivity index (χ4n) is 1.60. The van der Waals surface area contributed by atoms with Crippen molar-refractivity contribution in [2.45, 2.75) is 0 Å². The van der Waals surface area contributed by atoms with Gasteiger partial charge in [-0.05, 0) is 41.5 Å². The number of nitrogens with zero attached hydrogens (tertiary/aromatic N) is 1. The van der Waals surface area contributed by atoms with Gasteiger partial charge in [-0.25, -0.2) is 0 Å². The molecule has 0 aliphatic heterocycles. The van der Waals surface area contributed by atoms with Crippen molar-refractivity contribution in [3.8, 4) is 6.07 Å². The van der Waals surface area contributed by atoms with Crippen LogP contribution in [0.2, 0.25) is 5.02 Å². The van der Waals surface area contributed by atoms with Gasteiger partial charge in [0, 0.05) is 9.50 Å². The third-order valence-electron chi connectivity index (χ3n) is 2.42. The summed E-state index contributed by atoms with van der Waals surface area (Å²) in [6, 6.07) is 17.3. The lowest BCUT2D eigenvalue weighted by Crippen LogP contribution is -1.82. The summed E-state index contributed by atoms with van der Waals surface area (Å²) in [4.78, 5) is 0. The second kappa shape index (κ2) is 5.86. The maximum Gasteiger partial charge on any atom is 0.0998 e. The lowest BCUT2D eigenvalue weighted by Gasteiger charge is -2.01. The van der Waals surface area contributed by atoms with Crippen molar-refractivity contribution in [2.24, 2.45) is 0 Å². The number of allylic oxidation sites excluding steroid dienone is 1. The molecular formula is C15H9BrClN. The van der Waals surface area contributed by atoms with Crippen LogP contribution in [-0.2, 0) is 0 Å². The van der Waals surface area contributed by atoms with E-state index >= 15 is 0 Å². The van der Waals surface area contributed by atoms with E-state index in [1.165, 1.54) is 0 Å². The third kappa shape index (κ3) is 3.22. The monoisotopic (exact) mass is 317 g/mol. The zero-order valence-electron chi connectivity index (χ0n) is 9.40. The molecule has 88 valence electrons. The summed E-state index contributed by atoms with van der Waals surface area (Å²) in [5.41, 5.74) is 2.39. The summed E-state index contributed by atoms with van der Waals surface area (Å²) >= 11 is 9.34. The van der Waals surface area contributed by atoms with Gasteiger partial charge < -0.3 is 0 Å². The summed E-state index contributed by atoms with van der Waals surface area (Å²) in [7, 11) is 0. The molecule has 0 aliphatic carbocycles. The third-order valence-corrected chi connectivity index (χ3v) is 3.14. The van der Waals surface area contributed by atoms with Crippen LogP contribution in [0.1, 0.15) is 11.1 Å². The average Bonchev–Trinajstić information content (AvgIpc) is 2.36. The maximum atomic E-state index is 9.23. The highest BCUT2D eigenvalue weighted by Gasteiger charge is 2.02. The molecule has 0 aliphatic rings. The van der Waals surface area contributed by atoms with Crippen molar-refractivity contribution in [1.29, 1.82) is 5.26 Å². The Morgan fingerprint density at radius 2 is 1.94 bits per heavy atom. The maximum absolute atomic E-state index is 9.23. The molecule has 0 unspecified atom stereocenters. The first-order chi connectivity index (χ1) is 8.69. The number of halogens is 2. The van der Waals surface area contributed by atoms with Crippen LogP contribution in [0.25, 0.3) is 11.6 Å². The molecule has 0 radical (unpaired) electrons. The topological polar surface area (TPSA) is 23.8 Å². The average molecular weight is 319 g/mol. The molecule has 2 aromatic rings. The molecule has 1 nitrogen and oxygen atoms in total. The van der Waals surface area contributed by atoms with Crippen LogP contribution in [0, 0.1) is 11.3 Å². The van der Waals surface area contributed by atoms with Gasteiger partial charge >= 0.3 is 0 Å². The van der Waals surface area contributed by atoms with Crippen molar-refractivity contribution in [3.05, 3.63) is 69.2 Å². The first kappa shape index (κ1) is 12.9. The van der Waals surface area contributed by atoms with E-state index in [9.17, 15) is 5.26 Å². The molecule has 0 fully saturated rings. The van der Waals surface area contributed by atoms with E-state index in [1.54, 1.807) is 12.1 Å². The Morgan fingerprint density at radius 3 is 2.61 bits per heavy atom. The summed E-state index contributed by atoms with van der Waals surface area (Å²) in [6.07, 6.45) is 1.84. The highest BCUT2D eigenvalue weighted by Crippen LogP contribution is 2.22. The van der Waals surface area contributed by atoms with E-state index in [-0.39, 0.29) is 0 Å². The quantitative estimate of drug-likeness (QED) is 0.554. The Kier molecular flexibility index (Phi) is 4.19. The molecular weight excluding hydrogens is 310 g/mol. The molecule has 0 amide bonds. The van der Waals surface area contributed by atoms with Crippen LogP contribution in [0.15, 0.2) is 53.0 Å². The molecule has 0 bridgehead atoms. The molecule has 0 heterocycles. The predicted molar refractivity (Wildman–Crippen MR) is 79.1 cm³/mol. The lowest BCUT2D eigenvalue weighted by atomic mass is 10.0. The van der Waals surface area contributed by atoms with Gasteiger partial charge in [0.15, 0.2) is 0 Å². The van der Waals surface area contributed by atoms with Crippen molar-refractivity contribution in [3.63, 3.8) is 0 Å². The van der Waals surface area contributed by atoms with Gasteiger partial charge in [0.2, 0.25) is 0 Å². The first-order valence-electron chi connectivity index (χ1n) is 5.32. The van der Waals surface area contributed by atoms with Gasteiger partial charge in [0.05, 0.1) is 11.6 Å². The van der Waals surface area contributed by atoms with E-state index in [4.69, 9.17) is 11.6 Å². The molecule has 0 aromatic heterocycles. The molecule has 2 rings (SSSR count). The van der Waals surface area contributed by atoms with Crippen LogP contribution in [0.5, 0.6) is 0 Å². The first-order valence-corrected chi connectivity index (χ1v) is 6.49. The zero-order chi connectivity index (χ0) is 13.0. The van der Waals surface area contributed by atoms with E-state index in [1.807, 2.05) is 42.5 Å². The Hall–Kier alpha value is -1.56. The van der Waals surface area contributed by atoms with Crippen molar-refractivity contribution >= 4 is 39.2 Å². The SMILES string of the molecule is N#CC(=Cc1cccc(Br)c1)c1cccc(Cl)c1. The minimum Gasteiger partial charge on any atom is -0.192 e. The zero-order valence-corrected chi connectivity index (χ0v) is 11.7. The summed E-state index contributed by atoms with van der Waals surface area (Å²) in [5.74, 6) is 0. The van der Waals surface area contributed by atoms with Crippen molar-refractivity contribution in [2.75, 3.05) is 0 Å². The van der Waals surface area contributed by atoms with Gasteiger partial charge in [-0.15, -0.1) is 0 Å². The fraction of sp³-hybridized carbons (Fsp3) is 0. The second-order valence-electron chi connectivity index (χ2n) is 3.74. The van der Waals surface area contributed by atoms with E-state index in [0.29, 0.717) is 10.6 Å². The largest absolute Gasteiger partial charge is 0.192 e. The van der Waals surface area contributed by atoms with Gasteiger partial charge in [0.25, 0.3) is 0 Å². The Bertz CT molecular complexity index is 641. The van der Waals surface area contributed by atoms with Crippen LogP contribution in [-0.4, -0.2) is 0 Å². The molecule has 18 heavy (non-hydrogen) atoms. The normalized spacial score (nSPS) is 11.1. The van der Waals surface area contributed by atoms with Crippen LogP contribution in [0.3, 0.4) is 0 Å². The van der Waals surface area contributed by atoms with Crippen molar-refractivity contribution < 1.29 is 0 Å². The summed E-state index contributed by atoms with van der Waals surface area (Å²) in [5, 5.41) is 9.86. The standard InChI is InChI=1S/C15H9BrClN/c16-14-5-1-3-11(8-14)7-13(10-18)12-4-2-6-15(17)9-12/h1-9H. The Balaban J connectivity index is 2.44. The van der Waals surface area contributed by atoms with Gasteiger partial charge in [-0.1, -0.05) is 51.8 Å². The second-order valence-corrected chi connectivity index (χ2v) is 5.09. The van der Waals surface area contributed by atoms with Gasteiger partial charge in [0.1, 0.15) is 0 Å². The minimum atomic E-state index is 0.593. The Morgan fingerprint density at radius 1 is 1.17 bits per heavy atom. The highest BCUT2D eigenvalue weighted by atomic mass is 79.9. The Labute approximate surface area is 119 Å². The number of nitriles is 1. The number of benzene rings is 2. The highest BCUT2D eigenvalue weighted by molar-refractivity contribution is 9.10. The molecule has 0 spiro atoms. The van der Waals surface area contributed by atoms with Crippen LogP contribution >= 0.6 is 27.5 Å². The van der Waals surface area contributed by atoms with Crippen LogP contribution in [0.4, 0.5) is 0 Å². The molecule has 3 heteroatoms. The molecule has 0 saturated heterocycles. The molecule has 0 atom stereocenters. The van der Waals surface area contributed by atoms with Gasteiger partial charge in [-0.2, -0.15) is 5.26 Å². The molecule has 2 aromatic carbocycles. The van der Waals surface area contributed by atoms with E-state index in [0.717, 1.165) is 15.6 Å². The lowest BCUT2D eigenvalue weighted by molar-refractivity contribution is 1.52. The van der Waals surface area contributed by atoms with E-state index < -0.39 is 0 Å². The smallest absolute Gasteiger partial charge is 0.0998 e. The van der Waals surface area contributed by atoms with Crippen LogP contribution < -0.4 is 0 Å². The predicted octanol–water partition coefficient (Wildman–Crippen LogP) is 5.17. The van der Waals surface area contributed by atoms with Crippen molar-refractivity contribution in [1.82, 2.24) is 0 Å². The molecule has 0 saturated carbocycles. The number of hydrogen-bond donors (Lipinski definition) is 0. The van der Waals surface area contributed by atoms with E-state index in [2.05, 4.69) is 22.0 Å². The minimum absolute atomic E-state index is 0.593. The van der Waals surface area contributed by atoms with Gasteiger partial charge in [-0.3, -0.25) is 0 Å². The number of hydrogen-bond acceptors (Lipinski definition) is 1. The fourth-order valence-corrected chi connectivity index (χ4v) is 2.21. The summed E-state index contributed by atoms with van der Waals surface area (Å²) < 4.78 is 0.986.